The lowest BCUT2D eigenvalue weighted by Crippen LogP contribution is -2.41. The first-order valence-electron chi connectivity index (χ1n) is 9.04. The van der Waals surface area contributed by atoms with Gasteiger partial charge in [0.25, 0.3) is 5.91 Å². The van der Waals surface area contributed by atoms with Crippen LogP contribution in [0.25, 0.3) is 0 Å². The summed E-state index contributed by atoms with van der Waals surface area (Å²) in [5.41, 5.74) is 2.50. The highest BCUT2D eigenvalue weighted by atomic mass is 35.5. The lowest BCUT2D eigenvalue weighted by molar-refractivity contribution is 0.0954. The lowest BCUT2D eigenvalue weighted by Gasteiger charge is -2.13. The maximum absolute atomic E-state index is 12.1. The fraction of sp³-hybridized carbons (Fsp3) is 0.421. The van der Waals surface area contributed by atoms with Gasteiger partial charge >= 0.3 is 0 Å². The summed E-state index contributed by atoms with van der Waals surface area (Å²) in [6.07, 6.45) is 1.62. The molecule has 1 aromatic heterocycles. The molecule has 0 saturated heterocycles. The Kier molecular flexibility index (Phi) is 8.13. The van der Waals surface area contributed by atoms with Crippen molar-refractivity contribution in [1.82, 2.24) is 21.1 Å². The summed E-state index contributed by atoms with van der Waals surface area (Å²) in [4.78, 5) is 16.3. The normalized spacial score (nSPS) is 11.3. The molecule has 0 aliphatic rings. The van der Waals surface area contributed by atoms with Gasteiger partial charge in [0, 0.05) is 38.7 Å². The number of aliphatic imine (C=N–C) groups is 1. The van der Waals surface area contributed by atoms with E-state index in [2.05, 4.69) is 33.0 Å². The summed E-state index contributed by atoms with van der Waals surface area (Å²) in [6.45, 7) is 5.65. The van der Waals surface area contributed by atoms with E-state index in [1.54, 1.807) is 31.3 Å². The number of hydrogen-bond donors (Lipinski definition) is 3. The highest BCUT2D eigenvalue weighted by Gasteiger charge is 2.13. The van der Waals surface area contributed by atoms with Gasteiger partial charge in [-0.3, -0.25) is 9.79 Å². The fourth-order valence-corrected chi connectivity index (χ4v) is 2.85. The largest absolute Gasteiger partial charge is 0.361 e. The first kappa shape index (κ1) is 20.8. The zero-order valence-corrected chi connectivity index (χ0v) is 16.7. The SMILES string of the molecule is CCc1noc(CC)c1CNC(=NC)NCCNC(=O)c1ccccc1Cl. The summed E-state index contributed by atoms with van der Waals surface area (Å²) < 4.78 is 5.37. The molecule has 146 valence electrons. The maximum Gasteiger partial charge on any atom is 0.252 e. The third-order valence-corrected chi connectivity index (χ3v) is 4.41. The van der Waals surface area contributed by atoms with Crippen molar-refractivity contribution in [2.24, 2.45) is 4.99 Å². The molecule has 0 aliphatic carbocycles. The van der Waals surface area contributed by atoms with Crippen LogP contribution in [0, 0.1) is 0 Å². The molecule has 0 unspecified atom stereocenters. The minimum absolute atomic E-state index is 0.199. The predicted octanol–water partition coefficient (Wildman–Crippen LogP) is 2.55. The average molecular weight is 392 g/mol. The molecule has 0 bridgehead atoms. The number of carbonyl (C=O) groups is 1. The second-order valence-electron chi connectivity index (χ2n) is 5.83. The number of aromatic nitrogens is 1. The standard InChI is InChI=1S/C19H26ClN5O2/c1-4-16-14(17(5-2)27-25-16)12-24-19(21-3)23-11-10-22-18(26)13-8-6-7-9-15(13)20/h6-9H,4-5,10-12H2,1-3H3,(H,22,26)(H2,21,23,24). The van der Waals surface area contributed by atoms with Gasteiger partial charge in [0.2, 0.25) is 0 Å². The van der Waals surface area contributed by atoms with Crippen molar-refractivity contribution in [1.29, 1.82) is 0 Å². The predicted molar refractivity (Wildman–Crippen MR) is 107 cm³/mol. The van der Waals surface area contributed by atoms with Crippen LogP contribution in [0.3, 0.4) is 0 Å². The van der Waals surface area contributed by atoms with Gasteiger partial charge in [-0.2, -0.15) is 0 Å². The highest BCUT2D eigenvalue weighted by molar-refractivity contribution is 6.33. The number of nitrogens with zero attached hydrogens (tertiary/aromatic N) is 2. The van der Waals surface area contributed by atoms with E-state index in [0.29, 0.717) is 36.2 Å². The van der Waals surface area contributed by atoms with E-state index >= 15 is 0 Å². The smallest absolute Gasteiger partial charge is 0.252 e. The van der Waals surface area contributed by atoms with Crippen LogP contribution < -0.4 is 16.0 Å². The Morgan fingerprint density at radius 3 is 2.56 bits per heavy atom. The summed E-state index contributed by atoms with van der Waals surface area (Å²) in [7, 11) is 1.70. The molecule has 27 heavy (non-hydrogen) atoms. The zero-order chi connectivity index (χ0) is 19.6. The Morgan fingerprint density at radius 1 is 1.15 bits per heavy atom. The summed E-state index contributed by atoms with van der Waals surface area (Å²) in [5, 5.41) is 13.8. The van der Waals surface area contributed by atoms with Crippen molar-refractivity contribution < 1.29 is 9.32 Å². The third-order valence-electron chi connectivity index (χ3n) is 4.08. The van der Waals surface area contributed by atoms with Crippen LogP contribution >= 0.6 is 11.6 Å². The van der Waals surface area contributed by atoms with Crippen LogP contribution in [0.1, 0.15) is 41.2 Å². The number of hydrogen-bond acceptors (Lipinski definition) is 4. The minimum atomic E-state index is -0.199. The molecule has 1 heterocycles. The van der Waals surface area contributed by atoms with Crippen molar-refractivity contribution in [3.63, 3.8) is 0 Å². The first-order valence-corrected chi connectivity index (χ1v) is 9.42. The number of carbonyl (C=O) groups excluding carboxylic acids is 1. The summed E-state index contributed by atoms with van der Waals surface area (Å²) in [5.74, 6) is 1.34. The van der Waals surface area contributed by atoms with Gasteiger partial charge in [-0.05, 0) is 18.6 Å². The topological polar surface area (TPSA) is 91.6 Å². The fourth-order valence-electron chi connectivity index (χ4n) is 2.63. The molecule has 0 saturated carbocycles. The van der Waals surface area contributed by atoms with Gasteiger partial charge in [-0.25, -0.2) is 0 Å². The highest BCUT2D eigenvalue weighted by Crippen LogP contribution is 2.15. The van der Waals surface area contributed by atoms with Crippen molar-refractivity contribution in [2.45, 2.75) is 33.2 Å². The molecule has 0 radical (unpaired) electrons. The van der Waals surface area contributed by atoms with Crippen LogP contribution in [-0.4, -0.2) is 37.2 Å². The number of amides is 1. The number of benzene rings is 1. The number of aryl methyl sites for hydroxylation is 2. The quantitative estimate of drug-likeness (QED) is 0.365. The third kappa shape index (κ3) is 5.72. The number of guanidine groups is 1. The molecule has 2 aromatic rings. The van der Waals surface area contributed by atoms with E-state index < -0.39 is 0 Å². The molecule has 2 rings (SSSR count). The van der Waals surface area contributed by atoms with Gasteiger partial charge in [-0.15, -0.1) is 0 Å². The Balaban J connectivity index is 1.79. The van der Waals surface area contributed by atoms with E-state index in [4.69, 9.17) is 16.1 Å². The van der Waals surface area contributed by atoms with Crippen molar-refractivity contribution in [3.05, 3.63) is 51.9 Å². The summed E-state index contributed by atoms with van der Waals surface area (Å²) >= 11 is 6.03. The Morgan fingerprint density at radius 2 is 1.89 bits per heavy atom. The van der Waals surface area contributed by atoms with Gasteiger partial charge < -0.3 is 20.5 Å². The van der Waals surface area contributed by atoms with E-state index in [0.717, 1.165) is 29.9 Å². The van der Waals surface area contributed by atoms with Gasteiger partial charge in [0.05, 0.1) is 16.3 Å². The Bertz CT molecular complexity index is 767. The Labute approximate surface area is 164 Å². The van der Waals surface area contributed by atoms with Crippen LogP contribution in [0.15, 0.2) is 33.8 Å². The second-order valence-corrected chi connectivity index (χ2v) is 6.23. The molecule has 0 atom stereocenters. The maximum atomic E-state index is 12.1. The second kappa shape index (κ2) is 10.6. The van der Waals surface area contributed by atoms with E-state index in [-0.39, 0.29) is 5.91 Å². The molecule has 1 aromatic carbocycles. The molecule has 0 aliphatic heterocycles. The van der Waals surface area contributed by atoms with Crippen molar-refractivity contribution >= 4 is 23.5 Å². The average Bonchev–Trinajstić information content (AvgIpc) is 3.09. The van der Waals surface area contributed by atoms with E-state index in [1.807, 2.05) is 6.92 Å². The molecule has 8 heteroatoms. The van der Waals surface area contributed by atoms with Crippen molar-refractivity contribution in [2.75, 3.05) is 20.1 Å². The van der Waals surface area contributed by atoms with Gasteiger partial charge in [-0.1, -0.05) is 42.7 Å². The molecule has 3 N–H and O–H groups in total. The van der Waals surface area contributed by atoms with Crippen molar-refractivity contribution in [3.8, 4) is 0 Å². The molecular formula is C19H26ClN5O2. The van der Waals surface area contributed by atoms with Crippen LogP contribution in [0.4, 0.5) is 0 Å². The molecule has 0 spiro atoms. The molecular weight excluding hydrogens is 366 g/mol. The van der Waals surface area contributed by atoms with Gasteiger partial charge in [0.1, 0.15) is 5.76 Å². The van der Waals surface area contributed by atoms with Crippen LogP contribution in [0.2, 0.25) is 5.02 Å². The molecule has 1 amide bonds. The number of rotatable bonds is 8. The van der Waals surface area contributed by atoms with E-state index in [1.165, 1.54) is 0 Å². The van der Waals surface area contributed by atoms with Crippen LogP contribution in [0.5, 0.6) is 0 Å². The van der Waals surface area contributed by atoms with Crippen LogP contribution in [-0.2, 0) is 19.4 Å². The van der Waals surface area contributed by atoms with Gasteiger partial charge in [0.15, 0.2) is 5.96 Å². The Hall–Kier alpha value is -2.54. The monoisotopic (exact) mass is 391 g/mol. The molecule has 7 nitrogen and oxygen atoms in total. The zero-order valence-electron chi connectivity index (χ0n) is 15.9. The summed E-state index contributed by atoms with van der Waals surface area (Å²) in [6, 6.07) is 6.96. The van der Waals surface area contributed by atoms with E-state index in [9.17, 15) is 4.79 Å². The first-order chi connectivity index (χ1) is 13.1. The number of halogens is 1. The lowest BCUT2D eigenvalue weighted by atomic mass is 10.1. The minimum Gasteiger partial charge on any atom is -0.361 e. The molecule has 0 fully saturated rings. The number of nitrogens with one attached hydrogen (secondary N) is 3.